The molecule has 1 atom stereocenters. The topological polar surface area (TPSA) is 72.2 Å². The largest absolute Gasteiger partial charge is 0.369 e. The summed E-state index contributed by atoms with van der Waals surface area (Å²) in [4.78, 5) is 22.4. The van der Waals surface area contributed by atoms with Crippen LogP contribution in [-0.2, 0) is 9.59 Å². The minimum Gasteiger partial charge on any atom is -0.369 e. The van der Waals surface area contributed by atoms with Crippen molar-refractivity contribution < 1.29 is 9.59 Å². The molecule has 0 aromatic heterocycles. The molecule has 1 aromatic carbocycles. The van der Waals surface area contributed by atoms with Crippen molar-refractivity contribution in [3.8, 4) is 0 Å². The molecule has 92 valence electrons. The van der Waals surface area contributed by atoms with E-state index in [0.29, 0.717) is 5.69 Å². The van der Waals surface area contributed by atoms with Crippen molar-refractivity contribution in [2.24, 2.45) is 11.7 Å². The highest BCUT2D eigenvalue weighted by Gasteiger charge is 2.14. The second-order valence-electron chi connectivity index (χ2n) is 4.02. The standard InChI is InChI=1S/C12H15BrN2O2/c1-7-3-4-9(6-10(7)13)15-11(16)5-8(2)12(14)17/h3-4,6,8H,5H2,1-2H3,(H2,14,17)(H,15,16). The minimum atomic E-state index is -0.467. The Morgan fingerprint density at radius 3 is 2.65 bits per heavy atom. The van der Waals surface area contributed by atoms with Gasteiger partial charge in [-0.25, -0.2) is 0 Å². The molecule has 5 heteroatoms. The molecule has 0 aliphatic carbocycles. The van der Waals surface area contributed by atoms with E-state index < -0.39 is 11.8 Å². The lowest BCUT2D eigenvalue weighted by molar-refractivity contribution is -0.125. The van der Waals surface area contributed by atoms with Crippen molar-refractivity contribution in [2.75, 3.05) is 5.32 Å². The van der Waals surface area contributed by atoms with Crippen LogP contribution in [-0.4, -0.2) is 11.8 Å². The third-order valence-electron chi connectivity index (χ3n) is 2.43. The van der Waals surface area contributed by atoms with E-state index in [4.69, 9.17) is 5.73 Å². The number of amides is 2. The highest BCUT2D eigenvalue weighted by Crippen LogP contribution is 2.20. The van der Waals surface area contributed by atoms with Crippen LogP contribution in [0.3, 0.4) is 0 Å². The van der Waals surface area contributed by atoms with E-state index in [2.05, 4.69) is 21.2 Å². The number of nitrogens with two attached hydrogens (primary N) is 1. The van der Waals surface area contributed by atoms with Gasteiger partial charge in [0.2, 0.25) is 11.8 Å². The highest BCUT2D eigenvalue weighted by atomic mass is 79.9. The summed E-state index contributed by atoms with van der Waals surface area (Å²) in [6.45, 7) is 3.60. The van der Waals surface area contributed by atoms with Gasteiger partial charge >= 0.3 is 0 Å². The lowest BCUT2D eigenvalue weighted by Gasteiger charge is -2.09. The molecule has 0 aliphatic rings. The van der Waals surface area contributed by atoms with Crippen LogP contribution in [0.15, 0.2) is 22.7 Å². The van der Waals surface area contributed by atoms with Gasteiger partial charge in [0.05, 0.1) is 0 Å². The molecule has 0 bridgehead atoms. The Kier molecular flexibility index (Phi) is 4.69. The molecule has 0 heterocycles. The number of hydrogen-bond acceptors (Lipinski definition) is 2. The average molecular weight is 299 g/mol. The molecule has 0 fully saturated rings. The lowest BCUT2D eigenvalue weighted by Crippen LogP contribution is -2.25. The van der Waals surface area contributed by atoms with Gasteiger partial charge in [-0.05, 0) is 24.6 Å². The summed E-state index contributed by atoms with van der Waals surface area (Å²) in [5, 5.41) is 2.72. The molecular formula is C12H15BrN2O2. The number of primary amides is 1. The van der Waals surface area contributed by atoms with Crippen LogP contribution < -0.4 is 11.1 Å². The summed E-state index contributed by atoms with van der Waals surface area (Å²) in [6, 6.07) is 5.53. The normalized spacial score (nSPS) is 11.9. The van der Waals surface area contributed by atoms with E-state index in [-0.39, 0.29) is 12.3 Å². The summed E-state index contributed by atoms with van der Waals surface area (Å²) < 4.78 is 0.929. The van der Waals surface area contributed by atoms with Crippen LogP contribution in [0.5, 0.6) is 0 Å². The van der Waals surface area contributed by atoms with E-state index in [1.54, 1.807) is 6.92 Å². The second kappa shape index (κ2) is 5.82. The van der Waals surface area contributed by atoms with Gasteiger partial charge in [0.1, 0.15) is 0 Å². The molecule has 1 unspecified atom stereocenters. The Morgan fingerprint density at radius 2 is 2.12 bits per heavy atom. The molecule has 0 saturated heterocycles. The van der Waals surface area contributed by atoms with E-state index >= 15 is 0 Å². The predicted octanol–water partition coefficient (Wildman–Crippen LogP) is 2.21. The fourth-order valence-electron chi connectivity index (χ4n) is 1.26. The maximum Gasteiger partial charge on any atom is 0.225 e. The van der Waals surface area contributed by atoms with Crippen LogP contribution in [0.1, 0.15) is 18.9 Å². The number of carbonyl (C=O) groups is 2. The third kappa shape index (κ3) is 4.19. The Morgan fingerprint density at radius 1 is 1.47 bits per heavy atom. The van der Waals surface area contributed by atoms with E-state index in [1.165, 1.54) is 0 Å². The SMILES string of the molecule is Cc1ccc(NC(=O)CC(C)C(N)=O)cc1Br. The fraction of sp³-hybridized carbons (Fsp3) is 0.333. The first-order chi connectivity index (χ1) is 7.90. The molecule has 1 aromatic rings. The summed E-state index contributed by atoms with van der Waals surface area (Å²) >= 11 is 3.38. The first-order valence-corrected chi connectivity index (χ1v) is 6.04. The number of aryl methyl sites for hydroxylation is 1. The van der Waals surface area contributed by atoms with E-state index in [0.717, 1.165) is 10.0 Å². The zero-order valence-electron chi connectivity index (χ0n) is 9.79. The Balaban J connectivity index is 2.62. The smallest absolute Gasteiger partial charge is 0.225 e. The highest BCUT2D eigenvalue weighted by molar-refractivity contribution is 9.10. The third-order valence-corrected chi connectivity index (χ3v) is 3.29. The maximum atomic E-state index is 11.6. The van der Waals surface area contributed by atoms with Gasteiger partial charge in [0, 0.05) is 22.5 Å². The van der Waals surface area contributed by atoms with Gasteiger partial charge in [0.15, 0.2) is 0 Å². The number of anilines is 1. The van der Waals surface area contributed by atoms with Gasteiger partial charge in [0.25, 0.3) is 0 Å². The summed E-state index contributed by atoms with van der Waals surface area (Å²) in [6.07, 6.45) is 0.0980. The molecule has 0 spiro atoms. The van der Waals surface area contributed by atoms with Crippen LogP contribution >= 0.6 is 15.9 Å². The van der Waals surface area contributed by atoms with Crippen LogP contribution in [0, 0.1) is 12.8 Å². The summed E-state index contributed by atoms with van der Waals surface area (Å²) in [5.41, 5.74) is 6.88. The molecular weight excluding hydrogens is 284 g/mol. The van der Waals surface area contributed by atoms with Crippen molar-refractivity contribution in [3.05, 3.63) is 28.2 Å². The van der Waals surface area contributed by atoms with Crippen molar-refractivity contribution >= 4 is 33.4 Å². The number of hydrogen-bond donors (Lipinski definition) is 2. The van der Waals surface area contributed by atoms with Gasteiger partial charge in [-0.15, -0.1) is 0 Å². The van der Waals surface area contributed by atoms with Gasteiger partial charge in [-0.3, -0.25) is 9.59 Å². The molecule has 0 aliphatic heterocycles. The number of nitrogens with one attached hydrogen (secondary N) is 1. The molecule has 0 radical (unpaired) electrons. The monoisotopic (exact) mass is 298 g/mol. The number of carbonyl (C=O) groups excluding carboxylic acids is 2. The number of rotatable bonds is 4. The molecule has 17 heavy (non-hydrogen) atoms. The number of benzene rings is 1. The minimum absolute atomic E-state index is 0.0980. The fourth-order valence-corrected chi connectivity index (χ4v) is 1.64. The van der Waals surface area contributed by atoms with E-state index in [9.17, 15) is 9.59 Å². The van der Waals surface area contributed by atoms with Crippen LogP contribution in [0.2, 0.25) is 0 Å². The molecule has 2 amide bonds. The Labute approximate surface area is 109 Å². The van der Waals surface area contributed by atoms with E-state index in [1.807, 2.05) is 25.1 Å². The summed E-state index contributed by atoms with van der Waals surface area (Å²) in [5.74, 6) is -1.14. The molecule has 3 N–H and O–H groups in total. The van der Waals surface area contributed by atoms with Crippen LogP contribution in [0.4, 0.5) is 5.69 Å². The Bertz CT molecular complexity index is 446. The van der Waals surface area contributed by atoms with Crippen molar-refractivity contribution in [1.82, 2.24) is 0 Å². The summed E-state index contributed by atoms with van der Waals surface area (Å²) in [7, 11) is 0. The van der Waals surface area contributed by atoms with Gasteiger partial charge in [-0.2, -0.15) is 0 Å². The average Bonchev–Trinajstić information content (AvgIpc) is 2.23. The van der Waals surface area contributed by atoms with Crippen LogP contribution in [0.25, 0.3) is 0 Å². The first kappa shape index (κ1) is 13.7. The van der Waals surface area contributed by atoms with Gasteiger partial charge < -0.3 is 11.1 Å². The Hall–Kier alpha value is -1.36. The van der Waals surface area contributed by atoms with Gasteiger partial charge in [-0.1, -0.05) is 28.9 Å². The quantitative estimate of drug-likeness (QED) is 0.894. The van der Waals surface area contributed by atoms with Crippen molar-refractivity contribution in [1.29, 1.82) is 0 Å². The predicted molar refractivity (Wildman–Crippen MR) is 70.5 cm³/mol. The maximum absolute atomic E-state index is 11.6. The molecule has 0 saturated carbocycles. The second-order valence-corrected chi connectivity index (χ2v) is 4.87. The zero-order valence-corrected chi connectivity index (χ0v) is 11.4. The lowest BCUT2D eigenvalue weighted by atomic mass is 10.1. The molecule has 1 rings (SSSR count). The molecule has 4 nitrogen and oxygen atoms in total. The van der Waals surface area contributed by atoms with Crippen molar-refractivity contribution in [2.45, 2.75) is 20.3 Å². The number of halogens is 1. The van der Waals surface area contributed by atoms with Crippen molar-refractivity contribution in [3.63, 3.8) is 0 Å². The first-order valence-electron chi connectivity index (χ1n) is 5.25. The zero-order chi connectivity index (χ0) is 13.0.